The van der Waals surface area contributed by atoms with E-state index in [1.54, 1.807) is 0 Å². The first-order valence-corrected chi connectivity index (χ1v) is 9.14. The second-order valence-corrected chi connectivity index (χ2v) is 6.93. The highest BCUT2D eigenvalue weighted by Gasteiger charge is 2.29. The predicted octanol–water partition coefficient (Wildman–Crippen LogP) is 6.00. The van der Waals surface area contributed by atoms with E-state index in [0.29, 0.717) is 0 Å². The third kappa shape index (κ3) is 3.84. The first-order valence-electron chi connectivity index (χ1n) is 8.76. The van der Waals surface area contributed by atoms with Crippen molar-refractivity contribution in [1.82, 2.24) is 4.98 Å². The Bertz CT molecular complexity index is 1450. The van der Waals surface area contributed by atoms with E-state index < -0.39 is 51.4 Å². The zero-order valence-electron chi connectivity index (χ0n) is 15.8. The number of benzene rings is 3. The predicted molar refractivity (Wildman–Crippen MR) is 105 cm³/mol. The van der Waals surface area contributed by atoms with Crippen LogP contribution in [0, 0.1) is 39.2 Å². The van der Waals surface area contributed by atoms with Gasteiger partial charge in [0, 0.05) is 17.8 Å². The van der Waals surface area contributed by atoms with Gasteiger partial charge < -0.3 is 9.73 Å². The minimum Gasteiger partial charge on any atom is -0.436 e. The van der Waals surface area contributed by atoms with Crippen molar-refractivity contribution in [3.63, 3.8) is 0 Å². The number of anilines is 1. The summed E-state index contributed by atoms with van der Waals surface area (Å²) >= 11 is 5.92. The molecule has 0 saturated carbocycles. The third-order valence-corrected chi connectivity index (χ3v) is 4.80. The normalized spacial score (nSPS) is 11.1. The Morgan fingerprint density at radius 3 is 2.24 bits per heavy atom. The van der Waals surface area contributed by atoms with Gasteiger partial charge in [-0.1, -0.05) is 11.6 Å². The van der Waals surface area contributed by atoms with Crippen LogP contribution in [0.25, 0.3) is 22.6 Å². The van der Waals surface area contributed by atoms with Gasteiger partial charge in [-0.3, -0.25) is 14.9 Å². The summed E-state index contributed by atoms with van der Waals surface area (Å²) in [5, 5.41) is 13.3. The smallest absolute Gasteiger partial charge is 0.270 e. The van der Waals surface area contributed by atoms with Crippen LogP contribution in [0.1, 0.15) is 10.4 Å². The van der Waals surface area contributed by atoms with Gasteiger partial charge in [0.2, 0.25) is 11.7 Å². The first kappa shape index (κ1) is 22.1. The van der Waals surface area contributed by atoms with Gasteiger partial charge in [-0.15, -0.1) is 0 Å². The van der Waals surface area contributed by atoms with Crippen molar-refractivity contribution in [3.8, 4) is 11.5 Å². The Labute approximate surface area is 184 Å². The second kappa shape index (κ2) is 8.13. The molecule has 33 heavy (non-hydrogen) atoms. The molecule has 0 unspecified atom stereocenters. The molecular weight excluding hydrogens is 477 g/mol. The van der Waals surface area contributed by atoms with E-state index in [2.05, 4.69) is 10.3 Å². The summed E-state index contributed by atoms with van der Waals surface area (Å²) in [5.41, 5.74) is -2.02. The Morgan fingerprint density at radius 1 is 0.970 bits per heavy atom. The van der Waals surface area contributed by atoms with E-state index in [1.165, 1.54) is 24.3 Å². The lowest BCUT2D eigenvalue weighted by atomic mass is 10.1. The number of oxazole rings is 1. The fourth-order valence-corrected chi connectivity index (χ4v) is 3.11. The number of nitro groups is 1. The molecule has 1 amide bonds. The van der Waals surface area contributed by atoms with Crippen LogP contribution < -0.4 is 5.32 Å². The third-order valence-electron chi connectivity index (χ3n) is 4.47. The number of nitrogens with one attached hydrogen (secondary N) is 1. The number of carbonyl (C=O) groups excluding carboxylic acids is 1. The van der Waals surface area contributed by atoms with Gasteiger partial charge in [0.05, 0.1) is 15.5 Å². The molecule has 0 radical (unpaired) electrons. The van der Waals surface area contributed by atoms with Crippen molar-refractivity contribution in [3.05, 3.63) is 86.2 Å². The van der Waals surface area contributed by atoms with Crippen LogP contribution in [0.4, 0.5) is 33.3 Å². The molecule has 1 heterocycles. The van der Waals surface area contributed by atoms with Crippen LogP contribution in [0.15, 0.2) is 40.8 Å². The first-order chi connectivity index (χ1) is 15.6. The SMILES string of the molecule is O=C(Nc1ccc2oc(-c3c(F)c(F)c(F)c(F)c3F)nc2c1)c1cc([N+](=O)[O-])ccc1Cl. The maximum Gasteiger partial charge on any atom is 0.270 e. The Morgan fingerprint density at radius 2 is 1.61 bits per heavy atom. The van der Waals surface area contributed by atoms with Crippen molar-refractivity contribution >= 4 is 40.0 Å². The molecule has 0 bridgehead atoms. The van der Waals surface area contributed by atoms with E-state index in [-0.39, 0.29) is 33.1 Å². The highest BCUT2D eigenvalue weighted by atomic mass is 35.5. The number of aromatic nitrogens is 1. The lowest BCUT2D eigenvalue weighted by molar-refractivity contribution is -0.384. The van der Waals surface area contributed by atoms with Crippen LogP contribution in [-0.2, 0) is 0 Å². The van der Waals surface area contributed by atoms with Crippen molar-refractivity contribution in [2.75, 3.05) is 5.32 Å². The lowest BCUT2D eigenvalue weighted by Crippen LogP contribution is -2.12. The molecule has 0 saturated heterocycles. The molecule has 0 atom stereocenters. The highest BCUT2D eigenvalue weighted by molar-refractivity contribution is 6.34. The maximum absolute atomic E-state index is 14.0. The number of nitro benzene ring substituents is 1. The highest BCUT2D eigenvalue weighted by Crippen LogP contribution is 2.33. The molecule has 1 aromatic heterocycles. The van der Waals surface area contributed by atoms with E-state index in [0.717, 1.165) is 12.1 Å². The van der Waals surface area contributed by atoms with Gasteiger partial charge in [-0.05, 0) is 24.3 Å². The molecule has 0 spiro atoms. The molecule has 0 aliphatic heterocycles. The fraction of sp³-hybridized carbons (Fsp3) is 0. The summed E-state index contributed by atoms with van der Waals surface area (Å²) in [5.74, 6) is -12.6. The molecule has 4 rings (SSSR count). The van der Waals surface area contributed by atoms with Crippen molar-refractivity contribution in [2.24, 2.45) is 0 Å². The average molecular weight is 484 g/mol. The van der Waals surface area contributed by atoms with E-state index in [4.69, 9.17) is 16.0 Å². The van der Waals surface area contributed by atoms with Gasteiger partial charge >= 0.3 is 0 Å². The van der Waals surface area contributed by atoms with E-state index in [1.807, 2.05) is 0 Å². The summed E-state index contributed by atoms with van der Waals surface area (Å²) in [6, 6.07) is 6.96. The van der Waals surface area contributed by atoms with Crippen LogP contribution in [0.5, 0.6) is 0 Å². The minimum absolute atomic E-state index is 0.0609. The molecule has 0 fully saturated rings. The van der Waals surface area contributed by atoms with Gasteiger partial charge in [-0.25, -0.2) is 26.9 Å². The van der Waals surface area contributed by atoms with Crippen LogP contribution in [0.2, 0.25) is 5.02 Å². The number of halogens is 6. The number of non-ortho nitro benzene ring substituents is 1. The van der Waals surface area contributed by atoms with Gasteiger partial charge in [-0.2, -0.15) is 0 Å². The molecule has 0 aliphatic rings. The molecule has 4 aromatic rings. The molecular formula is C20H7ClF5N3O4. The van der Waals surface area contributed by atoms with Crippen LogP contribution in [-0.4, -0.2) is 15.8 Å². The molecule has 168 valence electrons. The summed E-state index contributed by atoms with van der Waals surface area (Å²) < 4.78 is 73.5. The number of hydrogen-bond donors (Lipinski definition) is 1. The van der Waals surface area contributed by atoms with Crippen molar-refractivity contribution in [2.45, 2.75) is 0 Å². The van der Waals surface area contributed by atoms with Gasteiger partial charge in [0.15, 0.2) is 28.9 Å². The number of rotatable bonds is 4. The minimum atomic E-state index is -2.32. The Kier molecular flexibility index (Phi) is 5.46. The number of fused-ring (bicyclic) bond motifs is 1. The lowest BCUT2D eigenvalue weighted by Gasteiger charge is -2.06. The number of hydrogen-bond acceptors (Lipinski definition) is 5. The maximum atomic E-state index is 14.0. The zero-order valence-corrected chi connectivity index (χ0v) is 16.5. The largest absolute Gasteiger partial charge is 0.436 e. The van der Waals surface area contributed by atoms with Crippen LogP contribution >= 0.6 is 11.6 Å². The Hall–Kier alpha value is -4.06. The summed E-state index contributed by atoms with van der Waals surface area (Å²) in [6.45, 7) is 0. The van der Waals surface area contributed by atoms with E-state index in [9.17, 15) is 36.9 Å². The van der Waals surface area contributed by atoms with Crippen LogP contribution in [0.3, 0.4) is 0 Å². The number of carbonyl (C=O) groups is 1. The quantitative estimate of drug-likeness (QED) is 0.126. The Balaban J connectivity index is 1.70. The summed E-state index contributed by atoms with van der Waals surface area (Å²) in [4.78, 5) is 26.4. The standard InChI is InChI=1S/C20H7ClF5N3O4/c21-10-3-2-8(29(31)32)6-9(10)19(30)27-7-1-4-12-11(5-7)28-20(33-12)13-14(22)16(24)18(26)17(25)15(13)23/h1-6H,(H,27,30). The molecule has 3 aromatic carbocycles. The molecule has 13 heteroatoms. The average Bonchev–Trinajstić information content (AvgIpc) is 3.19. The van der Waals surface area contributed by atoms with E-state index >= 15 is 0 Å². The number of amides is 1. The zero-order chi connectivity index (χ0) is 24.0. The monoisotopic (exact) mass is 483 g/mol. The van der Waals surface area contributed by atoms with Crippen molar-refractivity contribution < 1.29 is 36.1 Å². The molecule has 1 N–H and O–H groups in total. The number of nitrogens with zero attached hydrogens (tertiary/aromatic N) is 2. The van der Waals surface area contributed by atoms with Gasteiger partial charge in [0.25, 0.3) is 11.6 Å². The van der Waals surface area contributed by atoms with Crippen molar-refractivity contribution in [1.29, 1.82) is 0 Å². The molecule has 0 aliphatic carbocycles. The summed E-state index contributed by atoms with van der Waals surface area (Å²) in [6.07, 6.45) is 0. The second-order valence-electron chi connectivity index (χ2n) is 6.52. The summed E-state index contributed by atoms with van der Waals surface area (Å²) in [7, 11) is 0. The fourth-order valence-electron chi connectivity index (χ4n) is 2.90. The van der Waals surface area contributed by atoms with Gasteiger partial charge in [0.1, 0.15) is 11.1 Å². The topological polar surface area (TPSA) is 98.3 Å². The molecule has 7 nitrogen and oxygen atoms in total.